The molecule has 0 spiro atoms. The fraction of sp³-hybridized carbons (Fsp3) is 0.160. The van der Waals surface area contributed by atoms with E-state index in [0.717, 1.165) is 5.56 Å². The van der Waals surface area contributed by atoms with Crippen molar-refractivity contribution in [2.24, 2.45) is 0 Å². The number of carbonyl (C=O) groups excluding carboxylic acids is 1. The molecule has 4 rings (SSSR count). The molecule has 1 heterocycles. The van der Waals surface area contributed by atoms with E-state index >= 15 is 0 Å². The largest absolute Gasteiger partial charge is 0.497 e. The van der Waals surface area contributed by atoms with Gasteiger partial charge in [-0.1, -0.05) is 26.0 Å². The Labute approximate surface area is 191 Å². The molecule has 1 amide bonds. The van der Waals surface area contributed by atoms with Crippen LogP contribution < -0.4 is 15.4 Å². The van der Waals surface area contributed by atoms with Crippen molar-refractivity contribution in [3.8, 4) is 17.2 Å². The van der Waals surface area contributed by atoms with Crippen molar-refractivity contribution in [3.05, 3.63) is 77.9 Å². The lowest BCUT2D eigenvalue weighted by Crippen LogP contribution is -2.34. The van der Waals surface area contributed by atoms with Gasteiger partial charge >= 0.3 is 0 Å². The maximum atomic E-state index is 12.4. The van der Waals surface area contributed by atoms with E-state index in [4.69, 9.17) is 21.4 Å². The number of rotatable bonds is 5. The lowest BCUT2D eigenvalue weighted by molar-refractivity contribution is 0.0977. The minimum absolute atomic E-state index is 0.193. The number of nitrogens with one attached hydrogen (secondary N) is 2. The summed E-state index contributed by atoms with van der Waals surface area (Å²) in [6.07, 6.45) is 0. The first kappa shape index (κ1) is 21.5. The number of anilines is 1. The molecule has 0 atom stereocenters. The molecule has 1 aromatic heterocycles. The Kier molecular flexibility index (Phi) is 6.18. The first-order valence-electron chi connectivity index (χ1n) is 10.2. The summed E-state index contributed by atoms with van der Waals surface area (Å²) in [6.45, 7) is 4.32. The monoisotopic (exact) mass is 445 g/mol. The van der Waals surface area contributed by atoms with Crippen LogP contribution in [-0.4, -0.2) is 23.1 Å². The SMILES string of the molecule is COc1ccc(C(=O)NC(=S)Nc2ccc3oc(-c4ccc(C(C)C)cc4)nc3c2)cc1. The predicted molar refractivity (Wildman–Crippen MR) is 130 cm³/mol. The van der Waals surface area contributed by atoms with Crippen molar-refractivity contribution in [1.82, 2.24) is 10.3 Å². The van der Waals surface area contributed by atoms with Crippen molar-refractivity contribution in [1.29, 1.82) is 0 Å². The zero-order valence-electron chi connectivity index (χ0n) is 18.0. The van der Waals surface area contributed by atoms with Gasteiger partial charge < -0.3 is 14.5 Å². The third-order valence-electron chi connectivity index (χ3n) is 5.05. The molecule has 0 aliphatic heterocycles. The zero-order valence-corrected chi connectivity index (χ0v) is 18.8. The third-order valence-corrected chi connectivity index (χ3v) is 5.25. The average Bonchev–Trinajstić information content (AvgIpc) is 3.22. The van der Waals surface area contributed by atoms with Gasteiger partial charge in [-0.3, -0.25) is 10.1 Å². The fourth-order valence-corrected chi connectivity index (χ4v) is 3.43. The van der Waals surface area contributed by atoms with Gasteiger partial charge in [-0.05, 0) is 78.3 Å². The minimum atomic E-state index is -0.306. The van der Waals surface area contributed by atoms with Gasteiger partial charge in [0.15, 0.2) is 10.7 Å². The topological polar surface area (TPSA) is 76.4 Å². The predicted octanol–water partition coefficient (Wildman–Crippen LogP) is 5.75. The molecule has 162 valence electrons. The summed E-state index contributed by atoms with van der Waals surface area (Å²) in [5.41, 5.74) is 4.74. The number of amides is 1. The van der Waals surface area contributed by atoms with E-state index in [1.807, 2.05) is 30.3 Å². The number of aromatic nitrogens is 1. The Balaban J connectivity index is 1.45. The Morgan fingerprint density at radius 2 is 1.75 bits per heavy atom. The number of hydrogen-bond acceptors (Lipinski definition) is 5. The number of nitrogens with zero attached hydrogens (tertiary/aromatic N) is 1. The summed E-state index contributed by atoms with van der Waals surface area (Å²) >= 11 is 5.29. The summed E-state index contributed by atoms with van der Waals surface area (Å²) in [6, 6.07) is 20.5. The average molecular weight is 446 g/mol. The van der Waals surface area contributed by atoms with Gasteiger partial charge in [-0.25, -0.2) is 4.98 Å². The molecule has 0 aliphatic carbocycles. The summed E-state index contributed by atoms with van der Waals surface area (Å²) in [7, 11) is 1.57. The normalized spacial score (nSPS) is 10.9. The highest BCUT2D eigenvalue weighted by Crippen LogP contribution is 2.27. The molecule has 0 saturated carbocycles. The van der Waals surface area contributed by atoms with E-state index in [0.29, 0.717) is 39.9 Å². The van der Waals surface area contributed by atoms with Gasteiger partial charge in [-0.2, -0.15) is 0 Å². The molecule has 0 saturated heterocycles. The molecule has 0 fully saturated rings. The first-order chi connectivity index (χ1) is 15.4. The van der Waals surface area contributed by atoms with Crippen molar-refractivity contribution in [3.63, 3.8) is 0 Å². The van der Waals surface area contributed by atoms with Crippen molar-refractivity contribution < 1.29 is 13.9 Å². The van der Waals surface area contributed by atoms with Crippen molar-refractivity contribution >= 4 is 40.0 Å². The first-order valence-corrected chi connectivity index (χ1v) is 10.6. The lowest BCUT2D eigenvalue weighted by atomic mass is 10.0. The van der Waals surface area contributed by atoms with Crippen LogP contribution >= 0.6 is 12.2 Å². The molecule has 0 aliphatic rings. The van der Waals surface area contributed by atoms with Crippen LogP contribution in [0.3, 0.4) is 0 Å². The van der Waals surface area contributed by atoms with Gasteiger partial charge in [0, 0.05) is 16.8 Å². The Hall–Kier alpha value is -3.71. The summed E-state index contributed by atoms with van der Waals surface area (Å²) in [5.74, 6) is 1.40. The molecule has 0 unspecified atom stereocenters. The molecule has 0 bridgehead atoms. The molecule has 6 nitrogen and oxygen atoms in total. The molecule has 7 heteroatoms. The molecule has 3 aromatic carbocycles. The summed E-state index contributed by atoms with van der Waals surface area (Å²) in [4.78, 5) is 17.0. The van der Waals surface area contributed by atoms with Crippen molar-refractivity contribution in [2.45, 2.75) is 19.8 Å². The van der Waals surface area contributed by atoms with E-state index in [2.05, 4.69) is 41.6 Å². The second kappa shape index (κ2) is 9.20. The van der Waals surface area contributed by atoms with Crippen LogP contribution in [0.25, 0.3) is 22.6 Å². The number of benzene rings is 3. The van der Waals surface area contributed by atoms with E-state index in [9.17, 15) is 4.79 Å². The van der Waals surface area contributed by atoms with Crippen LogP contribution in [0.15, 0.2) is 71.1 Å². The highest BCUT2D eigenvalue weighted by molar-refractivity contribution is 7.80. The second-order valence-electron chi connectivity index (χ2n) is 7.61. The van der Waals surface area contributed by atoms with Gasteiger partial charge in [-0.15, -0.1) is 0 Å². The van der Waals surface area contributed by atoms with Gasteiger partial charge in [0.05, 0.1) is 7.11 Å². The second-order valence-corrected chi connectivity index (χ2v) is 8.02. The van der Waals surface area contributed by atoms with Crippen LogP contribution in [0.5, 0.6) is 5.75 Å². The van der Waals surface area contributed by atoms with Crippen LogP contribution in [0.1, 0.15) is 35.7 Å². The maximum absolute atomic E-state index is 12.4. The highest BCUT2D eigenvalue weighted by atomic mass is 32.1. The minimum Gasteiger partial charge on any atom is -0.497 e. The fourth-order valence-electron chi connectivity index (χ4n) is 3.22. The number of fused-ring (bicyclic) bond motifs is 1. The zero-order chi connectivity index (χ0) is 22.7. The Morgan fingerprint density at radius 1 is 1.03 bits per heavy atom. The molecule has 4 aromatic rings. The molecule has 2 N–H and O–H groups in total. The van der Waals surface area contributed by atoms with Gasteiger partial charge in [0.25, 0.3) is 5.91 Å². The molecule has 0 radical (unpaired) electrons. The molecule has 32 heavy (non-hydrogen) atoms. The number of ether oxygens (including phenoxy) is 1. The quantitative estimate of drug-likeness (QED) is 0.381. The van der Waals surface area contributed by atoms with Crippen LogP contribution in [0.4, 0.5) is 5.69 Å². The Morgan fingerprint density at radius 3 is 2.41 bits per heavy atom. The summed E-state index contributed by atoms with van der Waals surface area (Å²) in [5, 5.41) is 5.88. The molecular formula is C25H23N3O3S. The number of carbonyl (C=O) groups is 1. The van der Waals surface area contributed by atoms with E-state index in [1.54, 1.807) is 31.4 Å². The maximum Gasteiger partial charge on any atom is 0.257 e. The standard InChI is InChI=1S/C25H23N3O3S/c1-15(2)16-4-6-18(7-5-16)24-27-21-14-19(10-13-22(21)31-24)26-25(32)28-23(29)17-8-11-20(30-3)12-9-17/h4-15H,1-3H3,(H2,26,28,29,32). The van der Waals surface area contributed by atoms with E-state index in [-0.39, 0.29) is 11.0 Å². The van der Waals surface area contributed by atoms with Crippen LogP contribution in [0, 0.1) is 0 Å². The number of thiocarbonyl (C=S) groups is 1. The van der Waals surface area contributed by atoms with Crippen molar-refractivity contribution in [2.75, 3.05) is 12.4 Å². The lowest BCUT2D eigenvalue weighted by Gasteiger charge is -2.09. The number of hydrogen-bond donors (Lipinski definition) is 2. The summed E-state index contributed by atoms with van der Waals surface area (Å²) < 4.78 is 11.0. The number of methoxy groups -OCH3 is 1. The molecular weight excluding hydrogens is 422 g/mol. The van der Waals surface area contributed by atoms with E-state index < -0.39 is 0 Å². The highest BCUT2D eigenvalue weighted by Gasteiger charge is 2.12. The number of oxazole rings is 1. The van der Waals surface area contributed by atoms with Crippen LogP contribution in [-0.2, 0) is 0 Å². The van der Waals surface area contributed by atoms with E-state index in [1.165, 1.54) is 5.56 Å². The van der Waals surface area contributed by atoms with Gasteiger partial charge in [0.2, 0.25) is 5.89 Å². The van der Waals surface area contributed by atoms with Gasteiger partial charge in [0.1, 0.15) is 11.3 Å². The smallest absolute Gasteiger partial charge is 0.257 e. The third kappa shape index (κ3) is 4.78. The van der Waals surface area contributed by atoms with Crippen LogP contribution in [0.2, 0.25) is 0 Å². The Bertz CT molecular complexity index is 1260.